The first-order valence-electron chi connectivity index (χ1n) is 9.87. The van der Waals surface area contributed by atoms with Crippen LogP contribution < -0.4 is 10.6 Å². The topological polar surface area (TPSA) is 88.9 Å². The number of nitrogens with one attached hydrogen (secondary N) is 2. The van der Waals surface area contributed by atoms with Gasteiger partial charge in [-0.05, 0) is 56.2 Å². The predicted octanol–water partition coefficient (Wildman–Crippen LogP) is 4.22. The lowest BCUT2D eigenvalue weighted by atomic mass is 10.2. The molecule has 2 aromatic carbocycles. The minimum atomic E-state index is -0.362. The van der Waals surface area contributed by atoms with Gasteiger partial charge in [0.1, 0.15) is 5.82 Å². The van der Waals surface area contributed by atoms with E-state index < -0.39 is 0 Å². The van der Waals surface area contributed by atoms with Crippen LogP contribution in [0.3, 0.4) is 0 Å². The van der Waals surface area contributed by atoms with Gasteiger partial charge < -0.3 is 10.6 Å². The van der Waals surface area contributed by atoms with Crippen molar-refractivity contribution < 1.29 is 9.59 Å². The highest BCUT2D eigenvalue weighted by Crippen LogP contribution is 2.40. The summed E-state index contributed by atoms with van der Waals surface area (Å²) in [5.41, 5.74) is 2.34. The van der Waals surface area contributed by atoms with Gasteiger partial charge in [0.15, 0.2) is 0 Å². The second kappa shape index (κ2) is 8.71. The first kappa shape index (κ1) is 20.2. The summed E-state index contributed by atoms with van der Waals surface area (Å²) >= 11 is 1.35. The van der Waals surface area contributed by atoms with Crippen molar-refractivity contribution in [3.05, 3.63) is 60.4 Å². The Bertz CT molecular complexity index is 1050. The van der Waals surface area contributed by atoms with Gasteiger partial charge in [0.05, 0.1) is 10.9 Å². The smallest absolute Gasteiger partial charge is 0.237 e. The van der Waals surface area contributed by atoms with E-state index >= 15 is 0 Å². The Kier molecular flexibility index (Phi) is 5.85. The first-order chi connectivity index (χ1) is 14.5. The molecule has 1 fully saturated rings. The number of hydrogen-bond acceptors (Lipinski definition) is 5. The molecule has 0 saturated heterocycles. The normalized spacial score (nSPS) is 14.2. The molecule has 7 nitrogen and oxygen atoms in total. The molecular formula is C22H23N5O2S. The van der Waals surface area contributed by atoms with Gasteiger partial charge in [0.2, 0.25) is 17.0 Å². The highest BCUT2D eigenvalue weighted by molar-refractivity contribution is 8.00. The van der Waals surface area contributed by atoms with Gasteiger partial charge in [-0.25, -0.2) is 9.67 Å². The van der Waals surface area contributed by atoms with Gasteiger partial charge in [0, 0.05) is 24.2 Å². The lowest BCUT2D eigenvalue weighted by Crippen LogP contribution is -2.22. The van der Waals surface area contributed by atoms with Crippen LogP contribution in [0, 0.1) is 0 Å². The van der Waals surface area contributed by atoms with Crippen molar-refractivity contribution in [2.75, 3.05) is 10.6 Å². The van der Waals surface area contributed by atoms with E-state index in [1.807, 2.05) is 41.9 Å². The van der Waals surface area contributed by atoms with Crippen LogP contribution in [0.15, 0.2) is 59.8 Å². The lowest BCUT2D eigenvalue weighted by Gasteiger charge is -2.11. The number of amides is 2. The third-order valence-corrected chi connectivity index (χ3v) is 5.63. The second-order valence-corrected chi connectivity index (χ2v) is 8.59. The van der Waals surface area contributed by atoms with Crippen LogP contribution in [0.25, 0.3) is 5.69 Å². The Morgan fingerprint density at radius 1 is 1.03 bits per heavy atom. The number of hydrogen-bond donors (Lipinski definition) is 2. The number of rotatable bonds is 7. The summed E-state index contributed by atoms with van der Waals surface area (Å²) in [6.45, 7) is 3.29. The summed E-state index contributed by atoms with van der Waals surface area (Å²) in [6, 6.07) is 17.0. The molecule has 0 unspecified atom stereocenters. The third-order valence-electron chi connectivity index (χ3n) is 4.68. The monoisotopic (exact) mass is 421 g/mol. The van der Waals surface area contributed by atoms with Gasteiger partial charge >= 0.3 is 0 Å². The van der Waals surface area contributed by atoms with Crippen LogP contribution in [-0.4, -0.2) is 31.8 Å². The van der Waals surface area contributed by atoms with Crippen molar-refractivity contribution in [3.63, 3.8) is 0 Å². The number of nitrogens with zero attached hydrogens (tertiary/aromatic N) is 3. The molecule has 0 spiro atoms. The van der Waals surface area contributed by atoms with Crippen molar-refractivity contribution >= 4 is 35.0 Å². The number of carbonyl (C=O) groups is 2. The van der Waals surface area contributed by atoms with Gasteiger partial charge in [-0.2, -0.15) is 0 Å². The molecule has 1 atom stereocenters. The molecule has 1 aliphatic rings. The highest BCUT2D eigenvalue weighted by Gasteiger charge is 2.31. The van der Waals surface area contributed by atoms with Crippen molar-refractivity contribution in [2.45, 2.75) is 43.0 Å². The van der Waals surface area contributed by atoms with E-state index in [0.29, 0.717) is 22.4 Å². The predicted molar refractivity (Wildman–Crippen MR) is 118 cm³/mol. The van der Waals surface area contributed by atoms with E-state index in [-0.39, 0.29) is 17.1 Å². The zero-order chi connectivity index (χ0) is 21.1. The minimum Gasteiger partial charge on any atom is -0.326 e. The molecule has 2 N–H and O–H groups in total. The van der Waals surface area contributed by atoms with Gasteiger partial charge in [-0.1, -0.05) is 30.0 Å². The molecule has 0 radical (unpaired) electrons. The number of thioether (sulfide) groups is 1. The third kappa shape index (κ3) is 4.88. The van der Waals surface area contributed by atoms with Gasteiger partial charge in [0.25, 0.3) is 0 Å². The van der Waals surface area contributed by atoms with E-state index in [0.717, 1.165) is 24.4 Å². The summed E-state index contributed by atoms with van der Waals surface area (Å²) in [5, 5.41) is 10.5. The molecule has 1 saturated carbocycles. The zero-order valence-electron chi connectivity index (χ0n) is 16.8. The van der Waals surface area contributed by atoms with Crippen LogP contribution in [0.2, 0.25) is 0 Å². The largest absolute Gasteiger partial charge is 0.326 e. The maximum Gasteiger partial charge on any atom is 0.237 e. The number of carbonyl (C=O) groups excluding carboxylic acids is 2. The molecule has 8 heteroatoms. The van der Waals surface area contributed by atoms with Gasteiger partial charge in [-0.3, -0.25) is 9.59 Å². The Hall–Kier alpha value is -3.13. The first-order valence-corrected chi connectivity index (χ1v) is 10.7. The van der Waals surface area contributed by atoms with Gasteiger partial charge in [-0.15, -0.1) is 5.10 Å². The molecule has 1 aromatic heterocycles. The van der Waals surface area contributed by atoms with E-state index in [9.17, 15) is 9.59 Å². The summed E-state index contributed by atoms with van der Waals surface area (Å²) < 4.78 is 1.89. The summed E-state index contributed by atoms with van der Waals surface area (Å²) in [4.78, 5) is 28.4. The molecule has 0 bridgehead atoms. The fourth-order valence-electron chi connectivity index (χ4n) is 3.02. The van der Waals surface area contributed by atoms with E-state index in [2.05, 4.69) is 15.7 Å². The highest BCUT2D eigenvalue weighted by atomic mass is 32.2. The van der Waals surface area contributed by atoms with E-state index in [1.165, 1.54) is 18.7 Å². The Morgan fingerprint density at radius 3 is 2.27 bits per heavy atom. The summed E-state index contributed by atoms with van der Waals surface area (Å²) in [7, 11) is 0. The lowest BCUT2D eigenvalue weighted by molar-refractivity contribution is -0.115. The minimum absolute atomic E-state index is 0.128. The average molecular weight is 422 g/mol. The molecular weight excluding hydrogens is 398 g/mol. The van der Waals surface area contributed by atoms with E-state index in [4.69, 9.17) is 4.98 Å². The Balaban J connectivity index is 1.42. The molecule has 4 rings (SSSR count). The molecule has 154 valence electrons. The fourth-order valence-corrected chi connectivity index (χ4v) is 3.77. The Labute approximate surface area is 179 Å². The molecule has 1 heterocycles. The van der Waals surface area contributed by atoms with Crippen molar-refractivity contribution in [1.82, 2.24) is 14.8 Å². The SMILES string of the molecule is CC(=O)Nc1ccc(NC(=O)[C@H](C)Sc2nc(C3CC3)n(-c3ccccc3)n2)cc1. The van der Waals surface area contributed by atoms with Crippen molar-refractivity contribution in [3.8, 4) is 5.69 Å². The Morgan fingerprint density at radius 2 is 1.67 bits per heavy atom. The van der Waals surface area contributed by atoms with Crippen molar-refractivity contribution in [1.29, 1.82) is 0 Å². The summed E-state index contributed by atoms with van der Waals surface area (Å²) in [6.07, 6.45) is 2.25. The van der Waals surface area contributed by atoms with Crippen molar-refractivity contribution in [2.24, 2.45) is 0 Å². The van der Waals surface area contributed by atoms with Crippen LogP contribution >= 0.6 is 11.8 Å². The average Bonchev–Trinajstić information content (AvgIpc) is 3.50. The fraction of sp³-hybridized carbons (Fsp3) is 0.273. The maximum atomic E-state index is 12.6. The zero-order valence-corrected chi connectivity index (χ0v) is 17.6. The number of anilines is 2. The van der Waals surface area contributed by atoms with Crippen LogP contribution in [-0.2, 0) is 9.59 Å². The molecule has 3 aromatic rings. The number of aromatic nitrogens is 3. The molecule has 30 heavy (non-hydrogen) atoms. The molecule has 2 amide bonds. The van der Waals surface area contributed by atoms with Crippen LogP contribution in [0.5, 0.6) is 0 Å². The second-order valence-electron chi connectivity index (χ2n) is 7.28. The summed E-state index contributed by atoms with van der Waals surface area (Å²) in [5.74, 6) is 1.14. The molecule has 0 aliphatic heterocycles. The number of para-hydroxylation sites is 1. The number of benzene rings is 2. The van der Waals surface area contributed by atoms with Crippen LogP contribution in [0.4, 0.5) is 11.4 Å². The standard InChI is InChI=1S/C22H23N5O2S/c1-14(21(29)24-18-12-10-17(11-13-18)23-15(2)28)30-22-25-20(16-8-9-16)27(26-22)19-6-4-3-5-7-19/h3-7,10-14,16H,8-9H2,1-2H3,(H,23,28)(H,24,29)/t14-/m0/s1. The van der Waals surface area contributed by atoms with Crippen LogP contribution in [0.1, 0.15) is 38.4 Å². The molecule has 1 aliphatic carbocycles. The quantitative estimate of drug-likeness (QED) is 0.558. The maximum absolute atomic E-state index is 12.6. The van der Waals surface area contributed by atoms with E-state index in [1.54, 1.807) is 24.3 Å².